The minimum absolute atomic E-state index is 0.664. The SMILES string of the molecule is Cc1sc(-c2nc(N)c3c(n2)CCCC3)cc1Br. The van der Waals surface area contributed by atoms with Gasteiger partial charge in [0.25, 0.3) is 0 Å². The lowest BCUT2D eigenvalue weighted by Crippen LogP contribution is -2.11. The maximum atomic E-state index is 6.07. The first-order valence-electron chi connectivity index (χ1n) is 6.06. The van der Waals surface area contributed by atoms with E-state index in [1.807, 2.05) is 0 Å². The van der Waals surface area contributed by atoms with Crippen molar-refractivity contribution < 1.29 is 0 Å². The maximum absolute atomic E-state index is 6.07. The van der Waals surface area contributed by atoms with Crippen molar-refractivity contribution in [3.63, 3.8) is 0 Å². The third-order valence-electron chi connectivity index (χ3n) is 3.29. The van der Waals surface area contributed by atoms with E-state index in [1.165, 1.54) is 17.7 Å². The van der Waals surface area contributed by atoms with Crippen LogP contribution < -0.4 is 5.73 Å². The van der Waals surface area contributed by atoms with Crippen LogP contribution in [0.25, 0.3) is 10.7 Å². The van der Waals surface area contributed by atoms with Crippen molar-refractivity contribution >= 4 is 33.1 Å². The minimum atomic E-state index is 0.664. The molecule has 3 nitrogen and oxygen atoms in total. The quantitative estimate of drug-likeness (QED) is 0.869. The van der Waals surface area contributed by atoms with E-state index in [0.717, 1.165) is 39.3 Å². The number of nitrogens with two attached hydrogens (primary N) is 1. The van der Waals surface area contributed by atoms with Crippen LogP contribution in [0.2, 0.25) is 0 Å². The molecule has 5 heteroatoms. The summed E-state index contributed by atoms with van der Waals surface area (Å²) in [7, 11) is 0. The molecule has 0 amide bonds. The number of halogens is 1. The number of aryl methyl sites for hydroxylation is 2. The highest BCUT2D eigenvalue weighted by Crippen LogP contribution is 2.34. The maximum Gasteiger partial charge on any atom is 0.171 e. The van der Waals surface area contributed by atoms with Gasteiger partial charge >= 0.3 is 0 Å². The first-order chi connectivity index (χ1) is 8.65. The van der Waals surface area contributed by atoms with E-state index >= 15 is 0 Å². The number of aromatic nitrogens is 2. The molecule has 94 valence electrons. The van der Waals surface area contributed by atoms with Crippen LogP contribution in [-0.4, -0.2) is 9.97 Å². The summed E-state index contributed by atoms with van der Waals surface area (Å²) in [6.07, 6.45) is 4.45. The molecule has 0 aromatic carbocycles. The summed E-state index contributed by atoms with van der Waals surface area (Å²) >= 11 is 5.23. The third-order valence-corrected chi connectivity index (χ3v) is 5.43. The van der Waals surface area contributed by atoms with Gasteiger partial charge in [0.1, 0.15) is 5.82 Å². The summed E-state index contributed by atoms with van der Waals surface area (Å²) in [4.78, 5) is 11.5. The highest BCUT2D eigenvalue weighted by Gasteiger charge is 2.17. The van der Waals surface area contributed by atoms with Gasteiger partial charge in [0, 0.05) is 20.6 Å². The van der Waals surface area contributed by atoms with Crippen LogP contribution in [0.5, 0.6) is 0 Å². The summed E-state index contributed by atoms with van der Waals surface area (Å²) in [5.74, 6) is 1.43. The van der Waals surface area contributed by atoms with Gasteiger partial charge in [0.2, 0.25) is 0 Å². The van der Waals surface area contributed by atoms with Crippen LogP contribution in [0.15, 0.2) is 10.5 Å². The average Bonchev–Trinajstić information content (AvgIpc) is 2.70. The molecule has 18 heavy (non-hydrogen) atoms. The van der Waals surface area contributed by atoms with Gasteiger partial charge in [0.05, 0.1) is 4.88 Å². The molecule has 0 atom stereocenters. The first kappa shape index (κ1) is 12.1. The number of nitrogens with zero attached hydrogens (tertiary/aromatic N) is 2. The summed E-state index contributed by atoms with van der Waals surface area (Å²) in [6.45, 7) is 2.08. The highest BCUT2D eigenvalue weighted by atomic mass is 79.9. The number of fused-ring (bicyclic) bond motifs is 1. The molecule has 3 rings (SSSR count). The lowest BCUT2D eigenvalue weighted by Gasteiger charge is -2.16. The van der Waals surface area contributed by atoms with E-state index in [1.54, 1.807) is 11.3 Å². The third kappa shape index (κ3) is 2.06. The van der Waals surface area contributed by atoms with Gasteiger partial charge in [-0.1, -0.05) is 0 Å². The summed E-state index contributed by atoms with van der Waals surface area (Å²) < 4.78 is 1.11. The molecule has 1 aliphatic rings. The molecular weight excluding hydrogens is 310 g/mol. The van der Waals surface area contributed by atoms with Crippen molar-refractivity contribution in [1.29, 1.82) is 0 Å². The zero-order chi connectivity index (χ0) is 12.7. The molecule has 0 saturated heterocycles. The predicted molar refractivity (Wildman–Crippen MR) is 78.8 cm³/mol. The molecule has 2 heterocycles. The number of hydrogen-bond acceptors (Lipinski definition) is 4. The van der Waals surface area contributed by atoms with Gasteiger partial charge in [-0.05, 0) is 54.6 Å². The van der Waals surface area contributed by atoms with Gasteiger partial charge in [-0.15, -0.1) is 11.3 Å². The molecule has 0 saturated carbocycles. The molecule has 0 radical (unpaired) electrons. The molecule has 0 fully saturated rings. The zero-order valence-corrected chi connectivity index (χ0v) is 12.6. The van der Waals surface area contributed by atoms with Crippen LogP contribution in [0, 0.1) is 6.92 Å². The molecular formula is C13H14BrN3S. The molecule has 2 N–H and O–H groups in total. The molecule has 0 unspecified atom stereocenters. The Bertz CT molecular complexity index is 587. The van der Waals surface area contributed by atoms with Crippen molar-refractivity contribution in [2.75, 3.05) is 5.73 Å². The minimum Gasteiger partial charge on any atom is -0.383 e. The standard InChI is InChI=1S/C13H14BrN3S/c1-7-9(14)6-11(18-7)13-16-10-5-3-2-4-8(10)12(15)17-13/h6H,2-5H2,1H3,(H2,15,16,17). The van der Waals surface area contributed by atoms with Gasteiger partial charge in [-0.25, -0.2) is 9.97 Å². The summed E-state index contributed by atoms with van der Waals surface area (Å²) in [5.41, 5.74) is 8.37. The predicted octanol–water partition coefficient (Wildman–Crippen LogP) is 3.74. The molecule has 0 bridgehead atoms. The van der Waals surface area contributed by atoms with Gasteiger partial charge in [-0.2, -0.15) is 0 Å². The largest absolute Gasteiger partial charge is 0.383 e. The van der Waals surface area contributed by atoms with Crippen LogP contribution in [0.1, 0.15) is 29.0 Å². The van der Waals surface area contributed by atoms with E-state index in [-0.39, 0.29) is 0 Å². The summed E-state index contributed by atoms with van der Waals surface area (Å²) in [6, 6.07) is 2.07. The van der Waals surface area contributed by atoms with E-state index in [4.69, 9.17) is 10.7 Å². The Morgan fingerprint density at radius 2 is 2.06 bits per heavy atom. The fourth-order valence-corrected chi connectivity index (χ4v) is 3.77. The van der Waals surface area contributed by atoms with Crippen molar-refractivity contribution in [2.45, 2.75) is 32.6 Å². The monoisotopic (exact) mass is 323 g/mol. The Morgan fingerprint density at radius 3 is 2.78 bits per heavy atom. The normalized spacial score (nSPS) is 14.6. The van der Waals surface area contributed by atoms with Crippen molar-refractivity contribution in [3.05, 3.63) is 26.7 Å². The van der Waals surface area contributed by atoms with Crippen molar-refractivity contribution in [1.82, 2.24) is 9.97 Å². The Hall–Kier alpha value is -0.940. The van der Waals surface area contributed by atoms with Crippen LogP contribution in [-0.2, 0) is 12.8 Å². The smallest absolute Gasteiger partial charge is 0.171 e. The van der Waals surface area contributed by atoms with Gasteiger partial charge in [-0.3, -0.25) is 0 Å². The molecule has 0 spiro atoms. The fourth-order valence-electron chi connectivity index (χ4n) is 2.30. The highest BCUT2D eigenvalue weighted by molar-refractivity contribution is 9.10. The van der Waals surface area contributed by atoms with E-state index in [0.29, 0.717) is 5.82 Å². The Morgan fingerprint density at radius 1 is 1.28 bits per heavy atom. The lowest BCUT2D eigenvalue weighted by atomic mass is 9.96. The van der Waals surface area contributed by atoms with E-state index in [2.05, 4.69) is 33.9 Å². The Labute approximate surface area is 119 Å². The number of nitrogen functional groups attached to an aromatic ring is 1. The number of thiophene rings is 1. The van der Waals surface area contributed by atoms with Crippen LogP contribution in [0.3, 0.4) is 0 Å². The van der Waals surface area contributed by atoms with Gasteiger partial charge < -0.3 is 5.73 Å². The average molecular weight is 324 g/mol. The lowest BCUT2D eigenvalue weighted by molar-refractivity contribution is 0.666. The second-order valence-electron chi connectivity index (χ2n) is 4.58. The van der Waals surface area contributed by atoms with E-state index in [9.17, 15) is 0 Å². The zero-order valence-electron chi connectivity index (χ0n) is 10.2. The molecule has 0 aliphatic heterocycles. The topological polar surface area (TPSA) is 51.8 Å². The second kappa shape index (κ2) is 4.63. The molecule has 2 aromatic rings. The summed E-state index contributed by atoms with van der Waals surface area (Å²) in [5, 5.41) is 0. The number of hydrogen-bond donors (Lipinski definition) is 1. The fraction of sp³-hybridized carbons (Fsp3) is 0.385. The Kier molecular flexibility index (Phi) is 3.11. The first-order valence-corrected chi connectivity index (χ1v) is 7.67. The van der Waals surface area contributed by atoms with Crippen LogP contribution >= 0.6 is 27.3 Å². The molecule has 2 aromatic heterocycles. The van der Waals surface area contributed by atoms with Crippen molar-refractivity contribution in [2.24, 2.45) is 0 Å². The van der Waals surface area contributed by atoms with Crippen molar-refractivity contribution in [3.8, 4) is 10.7 Å². The molecule has 1 aliphatic carbocycles. The van der Waals surface area contributed by atoms with Crippen LogP contribution in [0.4, 0.5) is 5.82 Å². The number of rotatable bonds is 1. The number of anilines is 1. The van der Waals surface area contributed by atoms with Gasteiger partial charge in [0.15, 0.2) is 5.82 Å². The van der Waals surface area contributed by atoms with E-state index < -0.39 is 0 Å². The Balaban J connectivity index is 2.10. The second-order valence-corrected chi connectivity index (χ2v) is 6.69.